The topological polar surface area (TPSA) is 79.3 Å². The average Bonchev–Trinajstić information content (AvgIpc) is 2.91. The monoisotopic (exact) mass is 492 g/mol. The van der Waals surface area contributed by atoms with E-state index in [1.807, 2.05) is 39.8 Å². The first-order chi connectivity index (χ1) is 15.6. The number of benzene rings is 1. The minimum atomic E-state index is -0.800. The van der Waals surface area contributed by atoms with Crippen molar-refractivity contribution in [1.82, 2.24) is 9.96 Å². The fourth-order valence-electron chi connectivity index (χ4n) is 4.39. The van der Waals surface area contributed by atoms with Gasteiger partial charge in [-0.1, -0.05) is 33.8 Å². The predicted octanol–water partition coefficient (Wildman–Crippen LogP) is 3.65. The van der Waals surface area contributed by atoms with Crippen LogP contribution in [0.1, 0.15) is 88.4 Å². The van der Waals surface area contributed by atoms with E-state index in [9.17, 15) is 14.7 Å². The Morgan fingerprint density at radius 2 is 1.76 bits per heavy atom. The third kappa shape index (κ3) is 6.20. The van der Waals surface area contributed by atoms with Crippen molar-refractivity contribution in [2.75, 3.05) is 13.1 Å². The van der Waals surface area contributed by atoms with Gasteiger partial charge in [0, 0.05) is 18.7 Å². The van der Waals surface area contributed by atoms with E-state index in [1.54, 1.807) is 4.90 Å². The van der Waals surface area contributed by atoms with E-state index in [-0.39, 0.29) is 28.4 Å². The number of likely N-dealkylation sites (tertiary alicyclic amines) is 1. The molecule has 2 rings (SSSR count). The molecule has 2 amide bonds. The molecule has 0 aromatic heterocycles. The number of hydrogen-bond donors (Lipinski definition) is 1. The maximum Gasteiger partial charge on any atom is 0.410 e. The van der Waals surface area contributed by atoms with Crippen LogP contribution in [0.2, 0.25) is 0 Å². The van der Waals surface area contributed by atoms with Gasteiger partial charge in [0.2, 0.25) is 0 Å². The van der Waals surface area contributed by atoms with E-state index in [0.717, 1.165) is 11.1 Å². The minimum absolute atomic E-state index is 0.0321. The lowest BCUT2D eigenvalue weighted by atomic mass is 9.72. The van der Waals surface area contributed by atoms with Crippen molar-refractivity contribution < 1.29 is 24.0 Å². The number of ether oxygens (including phenoxy) is 1. The van der Waals surface area contributed by atoms with Crippen LogP contribution >= 0.6 is 0 Å². The molecule has 1 heterocycles. The Morgan fingerprint density at radius 3 is 2.29 bits per heavy atom. The molecular weight excluding hydrogens is 448 g/mol. The highest BCUT2D eigenvalue weighted by Gasteiger charge is 2.38. The number of carbonyl (C=O) groups excluding carboxylic acids is 2. The summed E-state index contributed by atoms with van der Waals surface area (Å²) in [5.41, 5.74) is 3.12. The molecule has 1 aromatic rings. The van der Waals surface area contributed by atoms with E-state index in [2.05, 4.69) is 34.6 Å². The second-order valence-electron chi connectivity index (χ2n) is 11.3. The number of aliphatic hydroxyl groups is 1. The van der Waals surface area contributed by atoms with Gasteiger partial charge in [-0.15, -0.1) is 0 Å². The largest absolute Gasteiger partial charge is 0.444 e. The maximum atomic E-state index is 13.7. The second-order valence-corrected chi connectivity index (χ2v) is 11.7. The highest BCUT2D eigenvalue weighted by Crippen LogP contribution is 2.35. The van der Waals surface area contributed by atoms with Gasteiger partial charge in [-0.2, -0.15) is 0 Å². The van der Waals surface area contributed by atoms with Crippen LogP contribution in [0.15, 0.2) is 12.1 Å². The van der Waals surface area contributed by atoms with Crippen molar-refractivity contribution in [3.8, 4) is 0 Å². The van der Waals surface area contributed by atoms with Gasteiger partial charge in [0.15, 0.2) is 10.5 Å². The summed E-state index contributed by atoms with van der Waals surface area (Å²) >= 11 is 0. The molecule has 0 aliphatic carbocycles. The predicted molar refractivity (Wildman–Crippen MR) is 138 cm³/mol. The van der Waals surface area contributed by atoms with E-state index >= 15 is 0 Å². The van der Waals surface area contributed by atoms with Gasteiger partial charge in [0.25, 0.3) is 5.91 Å². The molecule has 1 fully saturated rings. The van der Waals surface area contributed by atoms with Gasteiger partial charge in [-0.05, 0) is 81.5 Å². The van der Waals surface area contributed by atoms with Gasteiger partial charge < -0.3 is 19.3 Å². The summed E-state index contributed by atoms with van der Waals surface area (Å²) in [6.45, 7) is 18.9. The molecule has 192 valence electrons. The molecule has 0 saturated carbocycles. The number of hydroxylamine groups is 2. The normalized spacial score (nSPS) is 19.8. The lowest BCUT2D eigenvalue weighted by molar-refractivity contribution is -0.0955. The highest BCUT2D eigenvalue weighted by atomic mass is 28.2. The maximum absolute atomic E-state index is 13.7. The van der Waals surface area contributed by atoms with Crippen molar-refractivity contribution in [3.05, 3.63) is 34.4 Å². The summed E-state index contributed by atoms with van der Waals surface area (Å²) < 4.78 is 11.2. The summed E-state index contributed by atoms with van der Waals surface area (Å²) in [5, 5.41) is 12.2. The molecule has 1 saturated heterocycles. The number of carbonyl (C=O) groups is 2. The van der Waals surface area contributed by atoms with Crippen molar-refractivity contribution in [2.45, 2.75) is 98.3 Å². The van der Waals surface area contributed by atoms with Crippen LogP contribution in [0.3, 0.4) is 0 Å². The zero-order valence-corrected chi connectivity index (χ0v) is 24.7. The quantitative estimate of drug-likeness (QED) is 0.501. The standard InChI is InChI=1S/C26H44N2O5Si/c1-16(2)26(8,9)20-13-12-19(17(3)18(20)4)23(30)28(33-34)21-15-27(14-10-11-22(21)29)24(31)32-25(5,6)7/h12-13,16,21-22,29H,10-11,14-15H2,1-9,34H3/t21-,22-/m1/s1. The first-order valence-corrected chi connectivity index (χ1v) is 13.1. The molecule has 1 aliphatic heterocycles. The van der Waals surface area contributed by atoms with Gasteiger partial charge in [-0.3, -0.25) is 4.79 Å². The molecule has 2 atom stereocenters. The van der Waals surface area contributed by atoms with E-state index in [0.29, 0.717) is 30.9 Å². The third-order valence-corrected chi connectivity index (χ3v) is 7.68. The number of rotatable bonds is 5. The SMILES string of the molecule is Cc1c(C(=O)N(O[SiH3])[C@@H]2CN(C(=O)OC(C)(C)C)CCC[C@H]2O)ccc(C(C)(C)C(C)C)c1C. The molecule has 1 aliphatic rings. The van der Waals surface area contributed by atoms with Crippen LogP contribution in [0, 0.1) is 19.8 Å². The van der Waals surface area contributed by atoms with Crippen LogP contribution in [-0.4, -0.2) is 68.4 Å². The zero-order valence-electron chi connectivity index (χ0n) is 22.7. The fourth-order valence-corrected chi connectivity index (χ4v) is 4.83. The van der Waals surface area contributed by atoms with Crippen LogP contribution in [0.25, 0.3) is 0 Å². The second kappa shape index (κ2) is 10.8. The summed E-state index contributed by atoms with van der Waals surface area (Å²) in [6.07, 6.45) is -0.152. The van der Waals surface area contributed by atoms with Crippen molar-refractivity contribution in [2.24, 2.45) is 5.92 Å². The lowest BCUT2D eigenvalue weighted by Crippen LogP contribution is -2.52. The zero-order chi connectivity index (χ0) is 26.0. The van der Waals surface area contributed by atoms with Crippen LogP contribution < -0.4 is 0 Å². The van der Waals surface area contributed by atoms with E-state index in [4.69, 9.17) is 9.26 Å². The first-order valence-electron chi connectivity index (χ1n) is 12.3. The molecule has 1 N–H and O–H groups in total. The van der Waals surface area contributed by atoms with Gasteiger partial charge in [0.1, 0.15) is 11.6 Å². The van der Waals surface area contributed by atoms with Gasteiger partial charge >= 0.3 is 6.09 Å². The Balaban J connectivity index is 2.38. The van der Waals surface area contributed by atoms with E-state index < -0.39 is 23.8 Å². The van der Waals surface area contributed by atoms with Crippen LogP contribution in [0.4, 0.5) is 4.79 Å². The number of hydrogen-bond acceptors (Lipinski definition) is 5. The van der Waals surface area contributed by atoms with Crippen molar-refractivity contribution >= 4 is 22.5 Å². The van der Waals surface area contributed by atoms with Gasteiger partial charge in [-0.25, -0.2) is 9.86 Å². The molecular formula is C26H44N2O5Si. The molecule has 7 nitrogen and oxygen atoms in total. The summed E-state index contributed by atoms with van der Waals surface area (Å²) in [5.74, 6) is 0.146. The molecule has 0 bridgehead atoms. The molecule has 0 spiro atoms. The Morgan fingerprint density at radius 1 is 1.15 bits per heavy atom. The minimum Gasteiger partial charge on any atom is -0.444 e. The smallest absolute Gasteiger partial charge is 0.410 e. The Labute approximate surface area is 208 Å². The third-order valence-electron chi connectivity index (χ3n) is 7.28. The average molecular weight is 493 g/mol. The molecule has 1 aromatic carbocycles. The summed E-state index contributed by atoms with van der Waals surface area (Å²) in [6, 6.07) is 3.23. The van der Waals surface area contributed by atoms with Crippen molar-refractivity contribution in [3.63, 3.8) is 0 Å². The number of nitrogens with zero attached hydrogens (tertiary/aromatic N) is 2. The molecule has 0 unspecified atom stereocenters. The van der Waals surface area contributed by atoms with Crippen LogP contribution in [-0.2, 0) is 14.7 Å². The first kappa shape index (κ1) is 28.3. The summed E-state index contributed by atoms with van der Waals surface area (Å²) in [7, 11) is 0.272. The lowest BCUT2D eigenvalue weighted by Gasteiger charge is -2.36. The van der Waals surface area contributed by atoms with Crippen LogP contribution in [0.5, 0.6) is 0 Å². The van der Waals surface area contributed by atoms with Gasteiger partial charge in [0.05, 0.1) is 6.10 Å². The fraction of sp³-hybridized carbons (Fsp3) is 0.692. The summed E-state index contributed by atoms with van der Waals surface area (Å²) in [4.78, 5) is 28.0. The Kier molecular flexibility index (Phi) is 8.99. The molecule has 34 heavy (non-hydrogen) atoms. The molecule has 8 heteroatoms. The van der Waals surface area contributed by atoms with E-state index in [1.165, 1.54) is 10.6 Å². The highest BCUT2D eigenvalue weighted by molar-refractivity contribution is 6.01. The Bertz CT molecular complexity index is 894. The number of aliphatic hydroxyl groups excluding tert-OH is 1. The van der Waals surface area contributed by atoms with Crippen molar-refractivity contribution in [1.29, 1.82) is 0 Å². The molecule has 0 radical (unpaired) electrons. The number of amides is 2. The Hall–Kier alpha value is -1.90.